The second-order valence-corrected chi connectivity index (χ2v) is 7.76. The van der Waals surface area contributed by atoms with Crippen LogP contribution in [0.15, 0.2) is 42.5 Å². The van der Waals surface area contributed by atoms with Gasteiger partial charge in [-0.2, -0.15) is 0 Å². The van der Waals surface area contributed by atoms with E-state index in [1.54, 1.807) is 6.07 Å². The number of aromatic hydroxyl groups is 1. The second kappa shape index (κ2) is 6.75. The fourth-order valence-corrected chi connectivity index (χ4v) is 2.70. The molecule has 1 heterocycles. The summed E-state index contributed by atoms with van der Waals surface area (Å²) in [7, 11) is 0. The van der Waals surface area contributed by atoms with Gasteiger partial charge in [0.2, 0.25) is 5.75 Å². The molecule has 3 aromatic rings. The van der Waals surface area contributed by atoms with Crippen molar-refractivity contribution < 1.29 is 9.94 Å². The average molecular weight is 339 g/mol. The molecule has 0 fully saturated rings. The summed E-state index contributed by atoms with van der Waals surface area (Å²) >= 11 is 0. The Balaban J connectivity index is 1.79. The maximum atomic E-state index is 10.1. The second-order valence-electron chi connectivity index (χ2n) is 7.76. The minimum absolute atomic E-state index is 0.0770. The molecular weight excluding hydrogens is 314 g/mol. The molecule has 132 valence electrons. The van der Waals surface area contributed by atoms with Crippen molar-refractivity contribution in [3.05, 3.63) is 48.0 Å². The van der Waals surface area contributed by atoms with Gasteiger partial charge in [0.1, 0.15) is 11.0 Å². The van der Waals surface area contributed by atoms with E-state index in [9.17, 15) is 5.11 Å². The van der Waals surface area contributed by atoms with Crippen LogP contribution in [0.25, 0.3) is 11.0 Å². The van der Waals surface area contributed by atoms with Gasteiger partial charge in [-0.3, -0.25) is 0 Å². The number of hydrogen-bond acceptors (Lipinski definition) is 4. The van der Waals surface area contributed by atoms with Crippen molar-refractivity contribution in [3.8, 4) is 11.5 Å². The SMILES string of the molecule is CC(CCC(C)(C)C)c1ccc(O)c(On2nc3ccccc3n2)c1. The zero-order valence-electron chi connectivity index (χ0n) is 15.2. The van der Waals surface area contributed by atoms with Gasteiger partial charge < -0.3 is 9.94 Å². The van der Waals surface area contributed by atoms with Gasteiger partial charge in [0.25, 0.3) is 0 Å². The van der Waals surface area contributed by atoms with Crippen LogP contribution in [0.2, 0.25) is 0 Å². The molecule has 0 bridgehead atoms. The van der Waals surface area contributed by atoms with Crippen molar-refractivity contribution in [2.75, 3.05) is 0 Å². The number of nitrogens with zero attached hydrogens (tertiary/aromatic N) is 3. The number of benzene rings is 2. The molecule has 5 nitrogen and oxygen atoms in total. The Hall–Kier alpha value is -2.56. The molecule has 0 aliphatic heterocycles. The Morgan fingerprint density at radius 2 is 1.72 bits per heavy atom. The van der Waals surface area contributed by atoms with Crippen LogP contribution in [0.5, 0.6) is 11.5 Å². The van der Waals surface area contributed by atoms with Crippen molar-refractivity contribution in [3.63, 3.8) is 0 Å². The van der Waals surface area contributed by atoms with Crippen molar-refractivity contribution in [1.82, 2.24) is 15.2 Å². The molecule has 25 heavy (non-hydrogen) atoms. The van der Waals surface area contributed by atoms with Crippen LogP contribution < -0.4 is 4.84 Å². The highest BCUT2D eigenvalue weighted by Gasteiger charge is 2.16. The van der Waals surface area contributed by atoms with E-state index in [1.165, 1.54) is 0 Å². The van der Waals surface area contributed by atoms with E-state index in [0.29, 0.717) is 17.1 Å². The van der Waals surface area contributed by atoms with Crippen LogP contribution in [0, 0.1) is 5.41 Å². The lowest BCUT2D eigenvalue weighted by molar-refractivity contribution is 0.138. The Labute approximate surface area is 148 Å². The number of rotatable bonds is 5. The lowest BCUT2D eigenvalue weighted by Crippen LogP contribution is -2.10. The molecule has 1 unspecified atom stereocenters. The van der Waals surface area contributed by atoms with Crippen LogP contribution >= 0.6 is 0 Å². The van der Waals surface area contributed by atoms with E-state index >= 15 is 0 Å². The van der Waals surface area contributed by atoms with Crippen LogP contribution in [-0.2, 0) is 0 Å². The third-order valence-corrected chi connectivity index (χ3v) is 4.33. The molecule has 5 heteroatoms. The Morgan fingerprint density at radius 1 is 1.08 bits per heavy atom. The van der Waals surface area contributed by atoms with E-state index in [1.807, 2.05) is 36.4 Å². The van der Waals surface area contributed by atoms with Crippen LogP contribution in [0.1, 0.15) is 52.0 Å². The van der Waals surface area contributed by atoms with Crippen LogP contribution in [-0.4, -0.2) is 20.3 Å². The third kappa shape index (κ3) is 4.29. The molecule has 0 saturated heterocycles. The maximum Gasteiger partial charge on any atom is 0.201 e. The van der Waals surface area contributed by atoms with E-state index in [-0.39, 0.29) is 5.75 Å². The molecule has 3 rings (SSSR count). The van der Waals surface area contributed by atoms with Crippen LogP contribution in [0.4, 0.5) is 0 Å². The van der Waals surface area contributed by atoms with E-state index < -0.39 is 0 Å². The molecule has 0 spiro atoms. The quantitative estimate of drug-likeness (QED) is 0.717. The highest BCUT2D eigenvalue weighted by atomic mass is 16.7. The Bertz CT molecular complexity index is 832. The lowest BCUT2D eigenvalue weighted by Gasteiger charge is -2.21. The molecule has 2 aromatic carbocycles. The standard InChI is InChI=1S/C20H25N3O2/c1-14(11-12-20(2,3)4)15-9-10-18(24)19(13-15)25-23-21-16-7-5-6-8-17(16)22-23/h5-10,13-14,24H,11-12H2,1-4H3. The fraction of sp³-hybridized carbons (Fsp3) is 0.400. The zero-order chi connectivity index (χ0) is 18.0. The van der Waals surface area contributed by atoms with E-state index in [2.05, 4.69) is 37.9 Å². The number of phenols is 1. The molecule has 0 aliphatic rings. The van der Waals surface area contributed by atoms with E-state index in [4.69, 9.17) is 4.84 Å². The predicted molar refractivity (Wildman–Crippen MR) is 98.8 cm³/mol. The van der Waals surface area contributed by atoms with Gasteiger partial charge in [-0.05, 0) is 54.0 Å². The number of phenolic OH excluding ortho intramolecular Hbond substituents is 1. The van der Waals surface area contributed by atoms with Gasteiger partial charge in [-0.25, -0.2) is 0 Å². The van der Waals surface area contributed by atoms with Crippen molar-refractivity contribution in [2.24, 2.45) is 5.41 Å². The van der Waals surface area contributed by atoms with Crippen molar-refractivity contribution in [1.29, 1.82) is 0 Å². The first kappa shape index (κ1) is 17.3. The molecular formula is C20H25N3O2. The summed E-state index contributed by atoms with van der Waals surface area (Å²) in [5.41, 5.74) is 2.94. The first-order chi connectivity index (χ1) is 11.8. The Morgan fingerprint density at radius 3 is 2.32 bits per heavy atom. The minimum atomic E-state index is 0.0770. The normalized spacial score (nSPS) is 13.1. The minimum Gasteiger partial charge on any atom is -0.504 e. The molecule has 1 atom stereocenters. The van der Waals surface area contributed by atoms with Gasteiger partial charge in [-0.1, -0.05) is 45.9 Å². The highest BCUT2D eigenvalue weighted by Crippen LogP contribution is 2.33. The monoisotopic (exact) mass is 339 g/mol. The van der Waals surface area contributed by atoms with Gasteiger partial charge in [0.05, 0.1) is 0 Å². The predicted octanol–water partition coefficient (Wildman–Crippen LogP) is 4.91. The highest BCUT2D eigenvalue weighted by molar-refractivity contribution is 5.72. The van der Waals surface area contributed by atoms with Gasteiger partial charge >= 0.3 is 0 Å². The first-order valence-corrected chi connectivity index (χ1v) is 8.65. The summed E-state index contributed by atoms with van der Waals surface area (Å²) in [6.07, 6.45) is 2.22. The van der Waals surface area contributed by atoms with Crippen molar-refractivity contribution in [2.45, 2.75) is 46.5 Å². The first-order valence-electron chi connectivity index (χ1n) is 8.65. The largest absolute Gasteiger partial charge is 0.504 e. The topological polar surface area (TPSA) is 60.2 Å². The summed E-state index contributed by atoms with van der Waals surface area (Å²) < 4.78 is 0. The number of hydrogen-bond donors (Lipinski definition) is 1. The van der Waals surface area contributed by atoms with Crippen LogP contribution in [0.3, 0.4) is 0 Å². The molecule has 0 aliphatic carbocycles. The maximum absolute atomic E-state index is 10.1. The summed E-state index contributed by atoms with van der Waals surface area (Å²) in [6, 6.07) is 13.0. The van der Waals surface area contributed by atoms with E-state index in [0.717, 1.165) is 34.4 Å². The van der Waals surface area contributed by atoms with Gasteiger partial charge in [-0.15, -0.1) is 10.2 Å². The summed E-state index contributed by atoms with van der Waals surface area (Å²) in [4.78, 5) is 6.83. The third-order valence-electron chi connectivity index (χ3n) is 4.33. The molecule has 0 amide bonds. The van der Waals surface area contributed by atoms with Gasteiger partial charge in [0, 0.05) is 4.96 Å². The summed E-state index contributed by atoms with van der Waals surface area (Å²) in [5, 5.41) is 18.6. The average Bonchev–Trinajstić information content (AvgIpc) is 2.96. The molecule has 0 saturated carbocycles. The molecule has 1 N–H and O–H groups in total. The smallest absolute Gasteiger partial charge is 0.201 e. The fourth-order valence-electron chi connectivity index (χ4n) is 2.70. The number of fused-ring (bicyclic) bond motifs is 1. The molecule has 0 radical (unpaired) electrons. The van der Waals surface area contributed by atoms with Gasteiger partial charge in [0.15, 0.2) is 5.75 Å². The molecule has 1 aromatic heterocycles. The zero-order valence-corrected chi connectivity index (χ0v) is 15.2. The lowest BCUT2D eigenvalue weighted by atomic mass is 9.85. The summed E-state index contributed by atoms with van der Waals surface area (Å²) in [6.45, 7) is 8.94. The number of aromatic nitrogens is 3. The van der Waals surface area contributed by atoms with Crippen molar-refractivity contribution >= 4 is 11.0 Å². The summed E-state index contributed by atoms with van der Waals surface area (Å²) in [5.74, 6) is 0.820. The Kier molecular flexibility index (Phi) is 4.66.